The second-order valence-electron chi connectivity index (χ2n) is 5.02. The highest BCUT2D eigenvalue weighted by Crippen LogP contribution is 2.22. The van der Waals surface area contributed by atoms with Gasteiger partial charge in [-0.15, -0.1) is 11.3 Å². The van der Waals surface area contributed by atoms with Crippen molar-refractivity contribution >= 4 is 22.4 Å². The van der Waals surface area contributed by atoms with Gasteiger partial charge in [-0.3, -0.25) is 15.2 Å². The first-order chi connectivity index (χ1) is 11.1. The van der Waals surface area contributed by atoms with Gasteiger partial charge in [-0.25, -0.2) is 9.37 Å². The van der Waals surface area contributed by atoms with E-state index in [1.165, 1.54) is 23.5 Å². The van der Waals surface area contributed by atoms with E-state index in [1.807, 2.05) is 13.0 Å². The Morgan fingerprint density at radius 1 is 1.39 bits per heavy atom. The highest BCUT2D eigenvalue weighted by atomic mass is 32.1. The summed E-state index contributed by atoms with van der Waals surface area (Å²) in [6.07, 6.45) is 3.05. The van der Waals surface area contributed by atoms with Gasteiger partial charge < -0.3 is 0 Å². The fourth-order valence-electron chi connectivity index (χ4n) is 2.12. The van der Waals surface area contributed by atoms with Gasteiger partial charge in [-0.1, -0.05) is 19.1 Å². The number of nitrogens with zero attached hydrogens (tertiary/aromatic N) is 2. The molecular weight excluding hydrogens is 315 g/mol. The summed E-state index contributed by atoms with van der Waals surface area (Å²) >= 11 is 1.37. The van der Waals surface area contributed by atoms with Crippen LogP contribution >= 0.6 is 11.3 Å². The number of aromatic nitrogens is 3. The molecule has 1 aromatic carbocycles. The van der Waals surface area contributed by atoms with E-state index >= 15 is 0 Å². The Morgan fingerprint density at radius 3 is 3.00 bits per heavy atom. The number of carbonyl (C=O) groups excluding carboxylic acids is 1. The summed E-state index contributed by atoms with van der Waals surface area (Å²) in [6.45, 7) is 1.98. The number of anilines is 1. The van der Waals surface area contributed by atoms with E-state index in [1.54, 1.807) is 18.3 Å². The minimum atomic E-state index is -0.299. The Morgan fingerprint density at radius 2 is 2.26 bits per heavy atom. The van der Waals surface area contributed by atoms with Crippen LogP contribution in [0.5, 0.6) is 0 Å². The van der Waals surface area contributed by atoms with E-state index in [-0.39, 0.29) is 11.7 Å². The number of benzene rings is 1. The molecule has 0 bridgehead atoms. The van der Waals surface area contributed by atoms with Crippen molar-refractivity contribution in [1.29, 1.82) is 0 Å². The number of rotatable bonds is 5. The number of aryl methyl sites for hydroxylation is 1. The van der Waals surface area contributed by atoms with Gasteiger partial charge in [0.2, 0.25) is 0 Å². The zero-order valence-corrected chi connectivity index (χ0v) is 13.3. The Labute approximate surface area is 136 Å². The van der Waals surface area contributed by atoms with E-state index in [9.17, 15) is 9.18 Å². The minimum absolute atomic E-state index is 0.259. The Hall–Kier alpha value is -2.54. The number of nitrogens with one attached hydrogen (secondary N) is 2. The molecule has 3 aromatic rings. The molecule has 0 aliphatic carbocycles. The van der Waals surface area contributed by atoms with E-state index < -0.39 is 0 Å². The molecule has 0 atom stereocenters. The van der Waals surface area contributed by atoms with Crippen molar-refractivity contribution in [3.8, 4) is 0 Å². The molecule has 0 saturated carbocycles. The first-order valence-corrected chi connectivity index (χ1v) is 8.00. The van der Waals surface area contributed by atoms with Crippen LogP contribution in [0.1, 0.15) is 33.5 Å². The summed E-state index contributed by atoms with van der Waals surface area (Å²) in [5.74, 6) is -0.557. The lowest BCUT2D eigenvalue weighted by Crippen LogP contribution is -2.11. The molecular formula is C16H15FN4OS. The molecule has 5 nitrogen and oxygen atoms in total. The van der Waals surface area contributed by atoms with Crippen molar-refractivity contribution in [2.24, 2.45) is 0 Å². The molecule has 7 heteroatoms. The number of carbonyl (C=O) groups is 1. The van der Waals surface area contributed by atoms with Gasteiger partial charge in [0.25, 0.3) is 5.91 Å². The molecule has 2 N–H and O–H groups in total. The first kappa shape index (κ1) is 15.4. The van der Waals surface area contributed by atoms with Gasteiger partial charge in [0.1, 0.15) is 5.82 Å². The monoisotopic (exact) mass is 330 g/mol. The van der Waals surface area contributed by atoms with Gasteiger partial charge in [-0.05, 0) is 30.2 Å². The van der Waals surface area contributed by atoms with Gasteiger partial charge >= 0.3 is 0 Å². The maximum atomic E-state index is 13.2. The number of aromatic amines is 1. The smallest absolute Gasteiger partial charge is 0.277 e. The van der Waals surface area contributed by atoms with Crippen molar-refractivity contribution in [3.05, 3.63) is 64.2 Å². The second kappa shape index (κ2) is 6.70. The molecule has 0 saturated heterocycles. The van der Waals surface area contributed by atoms with Crippen molar-refractivity contribution < 1.29 is 9.18 Å². The van der Waals surface area contributed by atoms with Gasteiger partial charge in [0.05, 0.1) is 0 Å². The van der Waals surface area contributed by atoms with Crippen LogP contribution in [-0.4, -0.2) is 21.1 Å². The average Bonchev–Trinajstić information content (AvgIpc) is 3.16. The van der Waals surface area contributed by atoms with E-state index in [2.05, 4.69) is 20.5 Å². The van der Waals surface area contributed by atoms with Crippen LogP contribution < -0.4 is 5.32 Å². The van der Waals surface area contributed by atoms with Crippen molar-refractivity contribution in [2.45, 2.75) is 19.8 Å². The quantitative estimate of drug-likeness (QED) is 0.753. The number of hydrogen-bond acceptors (Lipinski definition) is 4. The van der Waals surface area contributed by atoms with Crippen LogP contribution in [0.15, 0.2) is 36.5 Å². The lowest BCUT2D eigenvalue weighted by molar-refractivity contribution is 0.102. The Kier molecular flexibility index (Phi) is 4.47. The molecule has 118 valence electrons. The van der Waals surface area contributed by atoms with Crippen LogP contribution in [0.3, 0.4) is 0 Å². The number of H-pyrrole nitrogens is 1. The van der Waals surface area contributed by atoms with Crippen LogP contribution in [0.25, 0.3) is 0 Å². The number of amides is 1. The maximum absolute atomic E-state index is 13.2. The fraction of sp³-hybridized carbons (Fsp3) is 0.188. The normalized spacial score (nSPS) is 10.7. The summed E-state index contributed by atoms with van der Waals surface area (Å²) in [5, 5.41) is 9.99. The minimum Gasteiger partial charge on any atom is -0.296 e. The lowest BCUT2D eigenvalue weighted by atomic mass is 10.1. The maximum Gasteiger partial charge on any atom is 0.277 e. The second-order valence-corrected chi connectivity index (χ2v) is 6.14. The third-order valence-corrected chi connectivity index (χ3v) is 4.20. The van der Waals surface area contributed by atoms with E-state index in [0.717, 1.165) is 22.6 Å². The largest absolute Gasteiger partial charge is 0.296 e. The molecule has 0 aliphatic heterocycles. The molecule has 23 heavy (non-hydrogen) atoms. The average molecular weight is 330 g/mol. The Balaban J connectivity index is 1.66. The van der Waals surface area contributed by atoms with Crippen molar-refractivity contribution in [3.63, 3.8) is 0 Å². The molecule has 3 rings (SSSR count). The fourth-order valence-corrected chi connectivity index (χ4v) is 2.96. The summed E-state index contributed by atoms with van der Waals surface area (Å²) in [4.78, 5) is 17.2. The molecule has 0 radical (unpaired) electrons. The molecule has 0 spiro atoms. The topological polar surface area (TPSA) is 70.7 Å². The molecule has 2 aromatic heterocycles. The third-order valence-electron chi connectivity index (χ3n) is 3.29. The lowest BCUT2D eigenvalue weighted by Gasteiger charge is -1.98. The van der Waals surface area contributed by atoms with Crippen LogP contribution in [0, 0.1) is 5.82 Å². The molecule has 2 heterocycles. The number of thiazole rings is 1. The first-order valence-electron chi connectivity index (χ1n) is 7.19. The summed E-state index contributed by atoms with van der Waals surface area (Å²) in [5.41, 5.74) is 2.11. The predicted molar refractivity (Wildman–Crippen MR) is 87.2 cm³/mol. The molecule has 0 unspecified atom stereocenters. The standard InChI is InChI=1S/C16H15FN4OS/c1-2-12-8-14(21-20-12)15(22)19-16-18-9-13(23-16)7-10-4-3-5-11(17)6-10/h3-6,8-9H,2,7H2,1H3,(H,20,21)(H,18,19,22). The van der Waals surface area contributed by atoms with Crippen LogP contribution in [0.4, 0.5) is 9.52 Å². The number of hydrogen-bond donors (Lipinski definition) is 2. The Bertz CT molecular complexity index is 827. The third kappa shape index (κ3) is 3.81. The predicted octanol–water partition coefficient (Wildman–Crippen LogP) is 3.41. The highest BCUT2D eigenvalue weighted by Gasteiger charge is 2.12. The van der Waals surface area contributed by atoms with Crippen molar-refractivity contribution in [2.75, 3.05) is 5.32 Å². The van der Waals surface area contributed by atoms with Gasteiger partial charge in [0.15, 0.2) is 10.8 Å². The molecule has 0 fully saturated rings. The summed E-state index contributed by atoms with van der Waals surface area (Å²) in [6, 6.07) is 8.16. The highest BCUT2D eigenvalue weighted by molar-refractivity contribution is 7.15. The van der Waals surface area contributed by atoms with Gasteiger partial charge in [0, 0.05) is 23.2 Å². The van der Waals surface area contributed by atoms with Gasteiger partial charge in [-0.2, -0.15) is 5.10 Å². The van der Waals surface area contributed by atoms with Crippen LogP contribution in [-0.2, 0) is 12.8 Å². The van der Waals surface area contributed by atoms with Crippen molar-refractivity contribution in [1.82, 2.24) is 15.2 Å². The zero-order valence-electron chi connectivity index (χ0n) is 12.5. The number of halogens is 1. The zero-order chi connectivity index (χ0) is 16.2. The summed E-state index contributed by atoms with van der Waals surface area (Å²) < 4.78 is 13.2. The van der Waals surface area contributed by atoms with E-state index in [4.69, 9.17) is 0 Å². The SMILES string of the molecule is CCc1cc(C(=O)Nc2ncc(Cc3cccc(F)c3)s2)n[nH]1. The van der Waals surface area contributed by atoms with E-state index in [0.29, 0.717) is 17.2 Å². The van der Waals surface area contributed by atoms with Crippen LogP contribution in [0.2, 0.25) is 0 Å². The molecule has 0 aliphatic rings. The summed E-state index contributed by atoms with van der Waals surface area (Å²) in [7, 11) is 0. The molecule has 1 amide bonds.